The van der Waals surface area contributed by atoms with Gasteiger partial charge in [-0.05, 0) is 83.1 Å². The van der Waals surface area contributed by atoms with E-state index in [2.05, 4.69) is 69.6 Å². The molecule has 0 rings (SSSR count). The average molecular weight is 789 g/mol. The van der Waals surface area contributed by atoms with Gasteiger partial charge in [0.05, 0.1) is 0 Å². The Morgan fingerprint density at radius 1 is 0.569 bits per heavy atom. The summed E-state index contributed by atoms with van der Waals surface area (Å²) >= 11 is 1.73. The van der Waals surface area contributed by atoms with E-state index >= 15 is 0 Å². The van der Waals surface area contributed by atoms with Crippen LogP contribution in [0.25, 0.3) is 0 Å². The number of hydrogen-bond donors (Lipinski definition) is 2. The molecule has 0 bridgehead atoms. The molecule has 0 unspecified atom stereocenters. The number of carbonyl (C=O) groups excluding carboxylic acids is 2. The van der Waals surface area contributed by atoms with E-state index in [1.807, 2.05) is 0 Å². The average Bonchev–Trinajstić information content (AvgIpc) is 3.03. The van der Waals surface area contributed by atoms with Gasteiger partial charge in [0.15, 0.2) is 16.6 Å². The van der Waals surface area contributed by atoms with Crippen LogP contribution in [-0.2, 0) is 17.8 Å². The summed E-state index contributed by atoms with van der Waals surface area (Å²) in [4.78, 5) is 25.6. The Kier molecular flexibility index (Phi) is 32.0. The van der Waals surface area contributed by atoms with Crippen LogP contribution in [0.3, 0.4) is 0 Å². The second-order valence-corrected chi connectivity index (χ2v) is 31.2. The Morgan fingerprint density at radius 3 is 1.37 bits per heavy atom. The Hall–Kier alpha value is -0.139. The van der Waals surface area contributed by atoms with Gasteiger partial charge in [0.25, 0.3) is 0 Å². The van der Waals surface area contributed by atoms with Crippen molar-refractivity contribution in [2.24, 2.45) is 0 Å². The van der Waals surface area contributed by atoms with Crippen LogP contribution in [0.4, 0.5) is 0 Å². The molecule has 0 aliphatic heterocycles. The lowest BCUT2D eigenvalue weighted by molar-refractivity contribution is -0.129. The number of thioether (sulfide) groups is 1. The fourth-order valence-electron chi connectivity index (χ4n) is 6.99. The van der Waals surface area contributed by atoms with Crippen molar-refractivity contribution in [2.45, 2.75) is 232 Å². The van der Waals surface area contributed by atoms with Gasteiger partial charge in [0, 0.05) is 13.0 Å². The van der Waals surface area contributed by atoms with E-state index in [-0.39, 0.29) is 11.8 Å². The van der Waals surface area contributed by atoms with Gasteiger partial charge in [0.2, 0.25) is 11.8 Å². The van der Waals surface area contributed by atoms with Crippen molar-refractivity contribution in [3.63, 3.8) is 0 Å². The van der Waals surface area contributed by atoms with Gasteiger partial charge in [0.1, 0.15) is 6.04 Å². The minimum absolute atomic E-state index is 0.0135. The number of carbonyl (C=O) groups is 2. The third-order valence-electron chi connectivity index (χ3n) is 9.42. The summed E-state index contributed by atoms with van der Waals surface area (Å²) in [6.07, 6.45) is 34.2. The molecule has 0 aliphatic rings. The quantitative estimate of drug-likeness (QED) is 0.0484. The van der Waals surface area contributed by atoms with E-state index in [1.54, 1.807) is 11.8 Å². The van der Waals surface area contributed by atoms with Crippen LogP contribution in [-0.4, -0.2) is 61.6 Å². The molecule has 1 atom stereocenters. The van der Waals surface area contributed by atoms with E-state index in [0.717, 1.165) is 31.1 Å². The molecule has 2 amide bonds. The molecule has 0 saturated heterocycles. The van der Waals surface area contributed by atoms with Gasteiger partial charge >= 0.3 is 8.56 Å². The molecule has 6 nitrogen and oxygen atoms in total. The molecule has 0 radical (unpaired) electrons. The zero-order valence-corrected chi connectivity index (χ0v) is 39.4. The number of nitrogens with one attached hydrogen (secondary N) is 2. The van der Waals surface area contributed by atoms with Crippen LogP contribution in [0.2, 0.25) is 51.9 Å². The minimum atomic E-state index is -2.11. The highest BCUT2D eigenvalue weighted by Gasteiger charge is 2.39. The molecule has 0 aromatic carbocycles. The third kappa shape index (κ3) is 35.3. The highest BCUT2D eigenvalue weighted by Crippen LogP contribution is 2.27. The van der Waals surface area contributed by atoms with Crippen molar-refractivity contribution < 1.29 is 17.8 Å². The van der Waals surface area contributed by atoms with Crippen molar-refractivity contribution in [2.75, 3.05) is 18.6 Å². The zero-order valence-electron chi connectivity index (χ0n) is 35.6. The molecule has 0 aromatic rings. The molecule has 0 saturated carbocycles. The lowest BCUT2D eigenvalue weighted by atomic mass is 10.0. The van der Waals surface area contributed by atoms with Crippen LogP contribution in [0, 0.1) is 0 Å². The molecule has 51 heavy (non-hydrogen) atoms. The maximum absolute atomic E-state index is 12.9. The first-order valence-corrected chi connectivity index (χ1v) is 32.4. The maximum Gasteiger partial charge on any atom is 0.314 e. The molecule has 304 valence electrons. The first-order chi connectivity index (χ1) is 24.2. The molecule has 0 heterocycles. The maximum atomic E-state index is 12.9. The monoisotopic (exact) mass is 789 g/mol. The largest absolute Gasteiger partial charge is 0.437 e. The normalized spacial score (nSPS) is 13.0. The SMILES string of the molecule is CCCCCCCCCCCCCCCCCCNC(=O)[C@@H](CCSC)NC(=O)CCCCCCCCCC[Si](C)(O[Si](C)(C)C)O[Si](C)(C)C. The number of amides is 2. The van der Waals surface area contributed by atoms with Crippen LogP contribution >= 0.6 is 11.8 Å². The van der Waals surface area contributed by atoms with E-state index < -0.39 is 31.2 Å². The molecule has 0 aliphatic carbocycles. The lowest BCUT2D eigenvalue weighted by Crippen LogP contribution is -2.52. The minimum Gasteiger partial charge on any atom is -0.437 e. The van der Waals surface area contributed by atoms with Crippen LogP contribution in [0.1, 0.15) is 174 Å². The van der Waals surface area contributed by atoms with Gasteiger partial charge in [-0.15, -0.1) is 0 Å². The standard InChI is InChI=1S/C41H88N2O4SSi3/c1-10-11-12-13-14-15-16-17-18-19-20-21-23-26-29-32-36-42-41(45)39(35-37-48-2)43-40(44)34-31-28-25-22-24-27-30-33-38-51(9,46-49(3,4)5)47-50(6,7)8/h39H,10-38H2,1-9H3,(H,42,45)(H,43,44)/t39-/m1/s1. The summed E-state index contributed by atoms with van der Waals surface area (Å²) in [7, 11) is -5.36. The molecule has 0 fully saturated rings. The Bertz CT molecular complexity index is 823. The third-order valence-corrected chi connectivity index (χ3v) is 19.7. The van der Waals surface area contributed by atoms with Crippen LogP contribution < -0.4 is 10.6 Å². The number of unbranched alkanes of at least 4 members (excludes halogenated alkanes) is 22. The summed E-state index contributed by atoms with van der Waals surface area (Å²) in [5, 5.41) is 6.16. The van der Waals surface area contributed by atoms with Crippen molar-refractivity contribution in [1.82, 2.24) is 10.6 Å². The molecule has 10 heteroatoms. The molecule has 2 N–H and O–H groups in total. The van der Waals surface area contributed by atoms with Crippen LogP contribution in [0.5, 0.6) is 0 Å². The van der Waals surface area contributed by atoms with Gasteiger partial charge in [-0.25, -0.2) is 0 Å². The number of hydrogen-bond acceptors (Lipinski definition) is 5. The first-order valence-electron chi connectivity index (χ1n) is 21.7. The Morgan fingerprint density at radius 2 is 0.961 bits per heavy atom. The first kappa shape index (κ1) is 50.9. The van der Waals surface area contributed by atoms with Gasteiger partial charge in [-0.3, -0.25) is 9.59 Å². The summed E-state index contributed by atoms with van der Waals surface area (Å²) < 4.78 is 13.3. The summed E-state index contributed by atoms with van der Waals surface area (Å²) in [6, 6.07) is 0.690. The molecule has 0 aromatic heterocycles. The van der Waals surface area contributed by atoms with Crippen molar-refractivity contribution >= 4 is 48.8 Å². The zero-order chi connectivity index (χ0) is 38.3. The second kappa shape index (κ2) is 32.1. The smallest absolute Gasteiger partial charge is 0.314 e. The van der Waals surface area contributed by atoms with Crippen molar-refractivity contribution in [3.05, 3.63) is 0 Å². The van der Waals surface area contributed by atoms with E-state index in [0.29, 0.717) is 19.4 Å². The topological polar surface area (TPSA) is 76.7 Å². The highest BCUT2D eigenvalue weighted by atomic mass is 32.2. The van der Waals surface area contributed by atoms with E-state index in [4.69, 9.17) is 8.23 Å². The van der Waals surface area contributed by atoms with E-state index in [1.165, 1.54) is 135 Å². The van der Waals surface area contributed by atoms with Gasteiger partial charge in [-0.1, -0.05) is 148 Å². The molecular weight excluding hydrogens is 701 g/mol. The Balaban J connectivity index is 3.97. The fourth-order valence-corrected chi connectivity index (χ4v) is 20.1. The molecular formula is C41H88N2O4SSi3. The van der Waals surface area contributed by atoms with Crippen LogP contribution in [0.15, 0.2) is 0 Å². The van der Waals surface area contributed by atoms with Crippen molar-refractivity contribution in [3.8, 4) is 0 Å². The molecule has 0 spiro atoms. The fraction of sp³-hybridized carbons (Fsp3) is 0.951. The predicted octanol–water partition coefficient (Wildman–Crippen LogP) is 12.9. The predicted molar refractivity (Wildman–Crippen MR) is 234 cm³/mol. The summed E-state index contributed by atoms with van der Waals surface area (Å²) in [5.74, 6) is 0.877. The van der Waals surface area contributed by atoms with E-state index in [9.17, 15) is 9.59 Å². The number of rotatable bonds is 37. The van der Waals surface area contributed by atoms with Gasteiger partial charge in [-0.2, -0.15) is 11.8 Å². The second-order valence-electron chi connectivity index (χ2n) is 17.4. The van der Waals surface area contributed by atoms with Crippen molar-refractivity contribution in [1.29, 1.82) is 0 Å². The lowest BCUT2D eigenvalue weighted by Gasteiger charge is -2.38. The van der Waals surface area contributed by atoms with Gasteiger partial charge < -0.3 is 18.9 Å². The summed E-state index contributed by atoms with van der Waals surface area (Å²) in [6.45, 7) is 19.0. The summed E-state index contributed by atoms with van der Waals surface area (Å²) in [5.41, 5.74) is 0. The Labute approximate surface area is 326 Å². The highest BCUT2D eigenvalue weighted by molar-refractivity contribution is 7.98.